The van der Waals surface area contributed by atoms with Crippen molar-refractivity contribution in [1.82, 2.24) is 5.32 Å². The van der Waals surface area contributed by atoms with Crippen LogP contribution in [0.25, 0.3) is 0 Å². The molecule has 1 fully saturated rings. The van der Waals surface area contributed by atoms with E-state index >= 15 is 0 Å². The molecule has 1 aromatic carbocycles. The summed E-state index contributed by atoms with van der Waals surface area (Å²) in [6, 6.07) is 7.58. The molecule has 2 atom stereocenters. The lowest BCUT2D eigenvalue weighted by Gasteiger charge is -2.04. The number of nitro benzene ring substituents is 1. The summed E-state index contributed by atoms with van der Waals surface area (Å²) in [6.07, 6.45) is 1.96. The van der Waals surface area contributed by atoms with Crippen LogP contribution >= 0.6 is 0 Å². The quantitative estimate of drug-likeness (QED) is 0.611. The van der Waals surface area contributed by atoms with Crippen molar-refractivity contribution in [3.8, 4) is 0 Å². The third-order valence-electron chi connectivity index (χ3n) is 3.10. The SMILES string of the molecule is CC1CC1NCCc1ccccc1[N+](=O)[O-]. The molecule has 1 N–H and O–H groups in total. The molecule has 86 valence electrons. The maximum atomic E-state index is 10.8. The van der Waals surface area contributed by atoms with Gasteiger partial charge in [-0.25, -0.2) is 0 Å². The van der Waals surface area contributed by atoms with Gasteiger partial charge in [0.1, 0.15) is 0 Å². The Labute approximate surface area is 94.8 Å². The smallest absolute Gasteiger partial charge is 0.272 e. The zero-order valence-electron chi connectivity index (χ0n) is 9.35. The Bertz CT molecular complexity index is 392. The van der Waals surface area contributed by atoms with Crippen molar-refractivity contribution in [2.75, 3.05) is 6.54 Å². The number of hydrogen-bond donors (Lipinski definition) is 1. The lowest BCUT2D eigenvalue weighted by molar-refractivity contribution is -0.385. The van der Waals surface area contributed by atoms with E-state index in [9.17, 15) is 10.1 Å². The zero-order valence-corrected chi connectivity index (χ0v) is 9.35. The molecule has 0 saturated heterocycles. The first-order valence-corrected chi connectivity index (χ1v) is 5.64. The Morgan fingerprint density at radius 1 is 1.50 bits per heavy atom. The summed E-state index contributed by atoms with van der Waals surface area (Å²) >= 11 is 0. The lowest BCUT2D eigenvalue weighted by atomic mass is 10.1. The van der Waals surface area contributed by atoms with Crippen molar-refractivity contribution in [2.24, 2.45) is 5.92 Å². The summed E-state index contributed by atoms with van der Waals surface area (Å²) in [5.41, 5.74) is 1.04. The number of rotatable bonds is 5. The van der Waals surface area contributed by atoms with Crippen molar-refractivity contribution in [1.29, 1.82) is 0 Å². The molecule has 2 rings (SSSR count). The Kier molecular flexibility index (Phi) is 3.19. The van der Waals surface area contributed by atoms with Gasteiger partial charge >= 0.3 is 0 Å². The highest BCUT2D eigenvalue weighted by atomic mass is 16.6. The first-order chi connectivity index (χ1) is 7.68. The van der Waals surface area contributed by atoms with Crippen molar-refractivity contribution < 1.29 is 4.92 Å². The average molecular weight is 220 g/mol. The van der Waals surface area contributed by atoms with Crippen LogP contribution in [0.3, 0.4) is 0 Å². The van der Waals surface area contributed by atoms with E-state index in [0.717, 1.165) is 24.4 Å². The Morgan fingerprint density at radius 2 is 2.19 bits per heavy atom. The van der Waals surface area contributed by atoms with Crippen LogP contribution in [0.4, 0.5) is 5.69 Å². The maximum absolute atomic E-state index is 10.8. The maximum Gasteiger partial charge on any atom is 0.272 e. The minimum absolute atomic E-state index is 0.230. The van der Waals surface area contributed by atoms with Gasteiger partial charge in [-0.1, -0.05) is 25.1 Å². The molecule has 4 nitrogen and oxygen atoms in total. The Hall–Kier alpha value is -1.42. The molecule has 0 heterocycles. The fourth-order valence-electron chi connectivity index (χ4n) is 1.90. The number of benzene rings is 1. The highest BCUT2D eigenvalue weighted by Crippen LogP contribution is 2.28. The molecular weight excluding hydrogens is 204 g/mol. The monoisotopic (exact) mass is 220 g/mol. The second-order valence-corrected chi connectivity index (χ2v) is 4.41. The molecule has 0 spiro atoms. The molecule has 1 aliphatic carbocycles. The summed E-state index contributed by atoms with van der Waals surface area (Å²) in [5.74, 6) is 0.769. The normalized spacial score (nSPS) is 23.1. The largest absolute Gasteiger partial charge is 0.313 e. The molecule has 0 bridgehead atoms. The van der Waals surface area contributed by atoms with Crippen molar-refractivity contribution in [3.63, 3.8) is 0 Å². The van der Waals surface area contributed by atoms with Crippen LogP contribution in [0.5, 0.6) is 0 Å². The standard InChI is InChI=1S/C12H16N2O2/c1-9-8-11(9)13-7-6-10-4-2-3-5-12(10)14(15)16/h2-5,9,11,13H,6-8H2,1H3. The van der Waals surface area contributed by atoms with E-state index in [4.69, 9.17) is 0 Å². The van der Waals surface area contributed by atoms with Crippen molar-refractivity contribution >= 4 is 5.69 Å². The number of hydrogen-bond acceptors (Lipinski definition) is 3. The fourth-order valence-corrected chi connectivity index (χ4v) is 1.90. The molecule has 4 heteroatoms. The molecule has 1 aliphatic rings. The molecule has 0 radical (unpaired) electrons. The Balaban J connectivity index is 1.90. The van der Waals surface area contributed by atoms with Gasteiger partial charge in [0, 0.05) is 17.7 Å². The highest BCUT2D eigenvalue weighted by Gasteiger charge is 2.31. The molecule has 0 aliphatic heterocycles. The second-order valence-electron chi connectivity index (χ2n) is 4.41. The van der Waals surface area contributed by atoms with Gasteiger partial charge in [-0.05, 0) is 25.3 Å². The van der Waals surface area contributed by atoms with E-state index in [1.807, 2.05) is 12.1 Å². The zero-order chi connectivity index (χ0) is 11.5. The van der Waals surface area contributed by atoms with Crippen LogP contribution < -0.4 is 5.32 Å². The molecular formula is C12H16N2O2. The molecule has 2 unspecified atom stereocenters. The minimum Gasteiger partial charge on any atom is -0.313 e. The lowest BCUT2D eigenvalue weighted by Crippen LogP contribution is -2.21. The average Bonchev–Trinajstić information content (AvgIpc) is 2.95. The third-order valence-corrected chi connectivity index (χ3v) is 3.10. The first-order valence-electron chi connectivity index (χ1n) is 5.64. The van der Waals surface area contributed by atoms with E-state index in [2.05, 4.69) is 12.2 Å². The van der Waals surface area contributed by atoms with Crippen molar-refractivity contribution in [2.45, 2.75) is 25.8 Å². The molecule has 1 saturated carbocycles. The van der Waals surface area contributed by atoms with Gasteiger partial charge in [0.25, 0.3) is 5.69 Å². The highest BCUT2D eigenvalue weighted by molar-refractivity contribution is 5.39. The van der Waals surface area contributed by atoms with Gasteiger partial charge < -0.3 is 5.32 Å². The summed E-state index contributed by atoms with van der Waals surface area (Å²) < 4.78 is 0. The third kappa shape index (κ3) is 2.58. The molecule has 1 aromatic rings. The molecule has 0 aromatic heterocycles. The molecule has 0 amide bonds. The second kappa shape index (κ2) is 4.61. The number of para-hydroxylation sites is 1. The summed E-state index contributed by atoms with van der Waals surface area (Å²) in [6.45, 7) is 3.03. The van der Waals surface area contributed by atoms with Crippen LogP contribution in [0.2, 0.25) is 0 Å². The van der Waals surface area contributed by atoms with Gasteiger partial charge in [0.2, 0.25) is 0 Å². The van der Waals surface area contributed by atoms with Crippen LogP contribution in [0.15, 0.2) is 24.3 Å². The van der Waals surface area contributed by atoms with Crippen molar-refractivity contribution in [3.05, 3.63) is 39.9 Å². The van der Waals surface area contributed by atoms with Crippen LogP contribution in [0, 0.1) is 16.0 Å². The minimum atomic E-state index is -0.310. The van der Waals surface area contributed by atoms with Gasteiger partial charge in [0.05, 0.1) is 4.92 Å². The summed E-state index contributed by atoms with van der Waals surface area (Å²) in [7, 11) is 0. The van der Waals surface area contributed by atoms with E-state index < -0.39 is 0 Å². The topological polar surface area (TPSA) is 55.2 Å². The predicted molar refractivity (Wildman–Crippen MR) is 62.4 cm³/mol. The summed E-state index contributed by atoms with van der Waals surface area (Å²) in [5, 5.41) is 14.2. The van der Waals surface area contributed by atoms with Gasteiger partial charge in [-0.15, -0.1) is 0 Å². The van der Waals surface area contributed by atoms with E-state index in [1.54, 1.807) is 12.1 Å². The van der Waals surface area contributed by atoms with Gasteiger partial charge in [0.15, 0.2) is 0 Å². The Morgan fingerprint density at radius 3 is 2.81 bits per heavy atom. The summed E-state index contributed by atoms with van der Waals surface area (Å²) in [4.78, 5) is 10.5. The van der Waals surface area contributed by atoms with Gasteiger partial charge in [-0.2, -0.15) is 0 Å². The first kappa shape index (κ1) is 11.1. The van der Waals surface area contributed by atoms with Crippen LogP contribution in [-0.2, 0) is 6.42 Å². The molecule has 16 heavy (non-hydrogen) atoms. The fraction of sp³-hybridized carbons (Fsp3) is 0.500. The van der Waals surface area contributed by atoms with Crippen LogP contribution in [-0.4, -0.2) is 17.5 Å². The number of nitrogens with one attached hydrogen (secondary N) is 1. The van der Waals surface area contributed by atoms with E-state index in [0.29, 0.717) is 6.04 Å². The predicted octanol–water partition coefficient (Wildman–Crippen LogP) is 2.14. The number of nitrogens with zero attached hydrogens (tertiary/aromatic N) is 1. The van der Waals surface area contributed by atoms with Crippen LogP contribution in [0.1, 0.15) is 18.9 Å². The van der Waals surface area contributed by atoms with Gasteiger partial charge in [-0.3, -0.25) is 10.1 Å². The number of nitro groups is 1. The van der Waals surface area contributed by atoms with E-state index in [1.165, 1.54) is 6.42 Å². The van der Waals surface area contributed by atoms with E-state index in [-0.39, 0.29) is 10.6 Å².